The van der Waals surface area contributed by atoms with E-state index in [-0.39, 0.29) is 12.5 Å². The number of carbonyl (C=O) groups is 2. The molecule has 1 amide bonds. The van der Waals surface area contributed by atoms with Gasteiger partial charge < -0.3 is 10.1 Å². The Morgan fingerprint density at radius 2 is 2.10 bits per heavy atom. The van der Waals surface area contributed by atoms with Crippen molar-refractivity contribution in [1.29, 1.82) is 0 Å². The van der Waals surface area contributed by atoms with Crippen molar-refractivity contribution in [3.63, 3.8) is 0 Å². The van der Waals surface area contributed by atoms with Gasteiger partial charge in [-0.3, -0.25) is 14.3 Å². The number of hydrogen-bond donors (Lipinski definition) is 1. The minimum absolute atomic E-state index is 0.00618. The number of ether oxygens (including phenoxy) is 1. The van der Waals surface area contributed by atoms with Crippen molar-refractivity contribution >= 4 is 23.6 Å². The van der Waals surface area contributed by atoms with Gasteiger partial charge in [-0.15, -0.1) is 0 Å². The van der Waals surface area contributed by atoms with Crippen LogP contribution in [0.4, 0.5) is 5.69 Å². The quantitative estimate of drug-likeness (QED) is 0.670. The second-order valence-corrected chi connectivity index (χ2v) is 4.24. The van der Waals surface area contributed by atoms with Gasteiger partial charge in [-0.05, 0) is 11.6 Å². The van der Waals surface area contributed by atoms with E-state index in [1.807, 2.05) is 30.3 Å². The summed E-state index contributed by atoms with van der Waals surface area (Å²) >= 11 is 0. The molecule has 0 bridgehead atoms. The molecule has 0 atom stereocenters. The predicted octanol–water partition coefficient (Wildman–Crippen LogP) is 1.71. The van der Waals surface area contributed by atoms with Crippen LogP contribution in [0.25, 0.3) is 6.08 Å². The first-order chi connectivity index (χ1) is 10.2. The summed E-state index contributed by atoms with van der Waals surface area (Å²) in [6.45, 7) is 0.00618. The van der Waals surface area contributed by atoms with Crippen LogP contribution in [-0.2, 0) is 20.9 Å². The molecule has 2 rings (SSSR count). The van der Waals surface area contributed by atoms with E-state index in [1.54, 1.807) is 12.3 Å². The average molecular weight is 285 g/mol. The van der Waals surface area contributed by atoms with Gasteiger partial charge in [0.2, 0.25) is 5.91 Å². The van der Waals surface area contributed by atoms with Crippen molar-refractivity contribution in [2.24, 2.45) is 0 Å². The van der Waals surface area contributed by atoms with Crippen molar-refractivity contribution in [2.75, 3.05) is 12.4 Å². The summed E-state index contributed by atoms with van der Waals surface area (Å²) in [6, 6.07) is 9.51. The van der Waals surface area contributed by atoms with Crippen molar-refractivity contribution in [3.8, 4) is 0 Å². The molecule has 0 fully saturated rings. The Labute approximate surface area is 122 Å². The topological polar surface area (TPSA) is 73.2 Å². The Morgan fingerprint density at radius 3 is 2.81 bits per heavy atom. The van der Waals surface area contributed by atoms with Gasteiger partial charge in [0.25, 0.3) is 0 Å². The number of anilines is 1. The molecule has 1 aromatic heterocycles. The Bertz CT molecular complexity index is 647. The lowest BCUT2D eigenvalue weighted by molar-refractivity contribution is -0.141. The highest BCUT2D eigenvalue weighted by molar-refractivity contribution is 6.01. The number of carbonyl (C=O) groups excluding carboxylic acids is 2. The van der Waals surface area contributed by atoms with Crippen LogP contribution in [-0.4, -0.2) is 28.8 Å². The standard InChI is InChI=1S/C15H15N3O3/c1-21-15(20)11-18-10-13(9-16-18)17-14(19)8-7-12-5-3-2-4-6-12/h2-10H,11H2,1H3,(H,17,19)/b8-7+. The van der Waals surface area contributed by atoms with Gasteiger partial charge in [-0.25, -0.2) is 0 Å². The van der Waals surface area contributed by atoms with Crippen LogP contribution in [0, 0.1) is 0 Å². The summed E-state index contributed by atoms with van der Waals surface area (Å²) in [7, 11) is 1.31. The summed E-state index contributed by atoms with van der Waals surface area (Å²) in [5.41, 5.74) is 1.45. The lowest BCUT2D eigenvalue weighted by atomic mass is 10.2. The Kier molecular flexibility index (Phi) is 4.87. The SMILES string of the molecule is COC(=O)Cn1cc(NC(=O)/C=C/c2ccccc2)cn1. The van der Waals surface area contributed by atoms with E-state index in [4.69, 9.17) is 0 Å². The summed E-state index contributed by atoms with van der Waals surface area (Å²) in [6.07, 6.45) is 6.18. The Balaban J connectivity index is 1.91. The maximum absolute atomic E-state index is 11.7. The molecular weight excluding hydrogens is 270 g/mol. The van der Waals surface area contributed by atoms with Gasteiger partial charge in [0.05, 0.1) is 19.0 Å². The number of amides is 1. The van der Waals surface area contributed by atoms with Crippen LogP contribution in [0.2, 0.25) is 0 Å². The lowest BCUT2D eigenvalue weighted by Crippen LogP contribution is -2.11. The monoisotopic (exact) mass is 285 g/mol. The van der Waals surface area contributed by atoms with Crippen molar-refractivity contribution in [1.82, 2.24) is 9.78 Å². The molecule has 108 valence electrons. The molecule has 21 heavy (non-hydrogen) atoms. The molecule has 1 heterocycles. The molecule has 0 aliphatic heterocycles. The molecule has 1 aromatic carbocycles. The normalized spacial score (nSPS) is 10.5. The maximum Gasteiger partial charge on any atom is 0.327 e. The lowest BCUT2D eigenvalue weighted by Gasteiger charge is -1.99. The number of methoxy groups -OCH3 is 1. The van der Waals surface area contributed by atoms with E-state index in [0.29, 0.717) is 5.69 Å². The molecule has 0 saturated carbocycles. The van der Waals surface area contributed by atoms with Crippen molar-refractivity contribution < 1.29 is 14.3 Å². The van der Waals surface area contributed by atoms with Crippen molar-refractivity contribution in [3.05, 3.63) is 54.4 Å². The fraction of sp³-hybridized carbons (Fsp3) is 0.133. The minimum Gasteiger partial charge on any atom is -0.468 e. The van der Waals surface area contributed by atoms with Crippen molar-refractivity contribution in [2.45, 2.75) is 6.54 Å². The maximum atomic E-state index is 11.7. The molecule has 0 unspecified atom stereocenters. The first kappa shape index (κ1) is 14.5. The number of hydrogen-bond acceptors (Lipinski definition) is 4. The van der Waals surface area contributed by atoms with Crippen LogP contribution in [0.15, 0.2) is 48.8 Å². The fourth-order valence-electron chi connectivity index (χ4n) is 1.63. The molecular formula is C15H15N3O3. The molecule has 0 radical (unpaired) electrons. The molecule has 6 nitrogen and oxygen atoms in total. The first-order valence-corrected chi connectivity index (χ1v) is 6.31. The Hall–Kier alpha value is -2.89. The average Bonchev–Trinajstić information content (AvgIpc) is 2.93. The molecule has 0 saturated heterocycles. The zero-order valence-corrected chi connectivity index (χ0v) is 11.5. The number of esters is 1. The molecule has 1 N–H and O–H groups in total. The van der Waals surface area contributed by atoms with Gasteiger partial charge in [-0.2, -0.15) is 5.10 Å². The molecule has 2 aromatic rings. The largest absolute Gasteiger partial charge is 0.468 e. The summed E-state index contributed by atoms with van der Waals surface area (Å²) < 4.78 is 5.92. The van der Waals surface area contributed by atoms with Gasteiger partial charge in [-0.1, -0.05) is 30.3 Å². The van der Waals surface area contributed by atoms with Crippen LogP contribution in [0.1, 0.15) is 5.56 Å². The minimum atomic E-state index is -0.403. The zero-order chi connectivity index (χ0) is 15.1. The highest BCUT2D eigenvalue weighted by Gasteiger charge is 2.05. The van der Waals surface area contributed by atoms with E-state index in [2.05, 4.69) is 15.2 Å². The summed E-state index contributed by atoms with van der Waals surface area (Å²) in [5.74, 6) is -0.670. The molecule has 6 heteroatoms. The summed E-state index contributed by atoms with van der Waals surface area (Å²) in [4.78, 5) is 22.8. The zero-order valence-electron chi connectivity index (χ0n) is 11.5. The number of benzene rings is 1. The third-order valence-electron chi connectivity index (χ3n) is 2.65. The van der Waals surface area contributed by atoms with Gasteiger partial charge >= 0.3 is 5.97 Å². The van der Waals surface area contributed by atoms with E-state index in [9.17, 15) is 9.59 Å². The third kappa shape index (κ3) is 4.61. The highest BCUT2D eigenvalue weighted by atomic mass is 16.5. The highest BCUT2D eigenvalue weighted by Crippen LogP contribution is 2.06. The van der Waals surface area contributed by atoms with Gasteiger partial charge in [0, 0.05) is 12.3 Å². The van der Waals surface area contributed by atoms with Gasteiger partial charge in [0.15, 0.2) is 0 Å². The van der Waals surface area contributed by atoms with E-state index < -0.39 is 5.97 Å². The molecule has 0 aliphatic rings. The van der Waals surface area contributed by atoms with Crippen LogP contribution in [0.3, 0.4) is 0 Å². The van der Waals surface area contributed by atoms with E-state index >= 15 is 0 Å². The van der Waals surface area contributed by atoms with E-state index in [0.717, 1.165) is 5.56 Å². The second-order valence-electron chi connectivity index (χ2n) is 4.24. The second kappa shape index (κ2) is 7.04. The van der Waals surface area contributed by atoms with E-state index in [1.165, 1.54) is 24.1 Å². The van der Waals surface area contributed by atoms with Crippen LogP contribution >= 0.6 is 0 Å². The predicted molar refractivity (Wildman–Crippen MR) is 78.3 cm³/mol. The van der Waals surface area contributed by atoms with Crippen LogP contribution in [0.5, 0.6) is 0 Å². The smallest absolute Gasteiger partial charge is 0.327 e. The molecule has 0 aliphatic carbocycles. The van der Waals surface area contributed by atoms with Crippen LogP contribution < -0.4 is 5.32 Å². The number of nitrogens with one attached hydrogen (secondary N) is 1. The first-order valence-electron chi connectivity index (χ1n) is 6.31. The van der Waals surface area contributed by atoms with Gasteiger partial charge in [0.1, 0.15) is 6.54 Å². The Morgan fingerprint density at radius 1 is 1.33 bits per heavy atom. The number of aromatic nitrogens is 2. The number of rotatable bonds is 5. The third-order valence-corrected chi connectivity index (χ3v) is 2.65. The summed E-state index contributed by atoms with van der Waals surface area (Å²) in [5, 5.41) is 6.62. The fourth-order valence-corrected chi connectivity index (χ4v) is 1.63. The number of nitrogens with zero attached hydrogens (tertiary/aromatic N) is 2. The molecule has 0 spiro atoms.